The molecule has 0 aromatic carbocycles. The third kappa shape index (κ3) is 1.29. The molecule has 0 saturated heterocycles. The van der Waals surface area contributed by atoms with Crippen molar-refractivity contribution in [3.63, 3.8) is 0 Å². The maximum Gasteiger partial charge on any atom is 0.265 e. The smallest absolute Gasteiger partial charge is 0.265 e. The minimum absolute atomic E-state index is 0.422. The molecule has 0 saturated carbocycles. The van der Waals surface area contributed by atoms with E-state index in [0.29, 0.717) is 11.3 Å². The number of hydrogen-bond donors (Lipinski definition) is 2. The van der Waals surface area contributed by atoms with Crippen LogP contribution in [-0.2, 0) is 0 Å². The molecule has 0 aliphatic heterocycles. The van der Waals surface area contributed by atoms with Crippen molar-refractivity contribution in [1.29, 1.82) is 0 Å². The summed E-state index contributed by atoms with van der Waals surface area (Å²) in [5.41, 5.74) is 7.14. The number of aromatic amines is 1. The van der Waals surface area contributed by atoms with Crippen LogP contribution in [0.2, 0.25) is 0 Å². The number of nitrogens with one attached hydrogen (secondary N) is 1. The number of aryl methyl sites for hydroxylation is 1. The predicted molar refractivity (Wildman–Crippen MR) is 57.0 cm³/mol. The molecule has 14 heavy (non-hydrogen) atoms. The Morgan fingerprint density at radius 2 is 2.36 bits per heavy atom. The standard InChI is InChI=1S/C9H8BrN3O/c1-4-6-2-5(10)3-12-9(6)13-7(4)8(11)14/h2-3H,1H3,(H2,11,14)(H,12,13). The van der Waals surface area contributed by atoms with Gasteiger partial charge in [0.1, 0.15) is 11.3 Å². The molecule has 0 spiro atoms. The van der Waals surface area contributed by atoms with Crippen LogP contribution in [0.3, 0.4) is 0 Å². The van der Waals surface area contributed by atoms with E-state index in [9.17, 15) is 4.79 Å². The molecule has 1 amide bonds. The van der Waals surface area contributed by atoms with E-state index < -0.39 is 5.91 Å². The van der Waals surface area contributed by atoms with Crippen LogP contribution in [-0.4, -0.2) is 15.9 Å². The molecule has 0 fully saturated rings. The van der Waals surface area contributed by atoms with Crippen LogP contribution in [0.5, 0.6) is 0 Å². The summed E-state index contributed by atoms with van der Waals surface area (Å²) in [4.78, 5) is 18.0. The molecule has 0 aliphatic rings. The maximum atomic E-state index is 11.0. The van der Waals surface area contributed by atoms with Crippen molar-refractivity contribution in [2.45, 2.75) is 6.92 Å². The highest BCUT2D eigenvalue weighted by atomic mass is 79.9. The van der Waals surface area contributed by atoms with Gasteiger partial charge in [-0.2, -0.15) is 0 Å². The molecule has 2 aromatic heterocycles. The normalized spacial score (nSPS) is 10.7. The van der Waals surface area contributed by atoms with Crippen LogP contribution in [0.4, 0.5) is 0 Å². The highest BCUT2D eigenvalue weighted by Gasteiger charge is 2.12. The summed E-state index contributed by atoms with van der Waals surface area (Å²) in [6.45, 7) is 1.84. The average molecular weight is 254 g/mol. The van der Waals surface area contributed by atoms with Gasteiger partial charge in [0, 0.05) is 16.1 Å². The molecule has 2 rings (SSSR count). The van der Waals surface area contributed by atoms with Gasteiger partial charge in [-0.3, -0.25) is 4.79 Å². The third-order valence-corrected chi connectivity index (χ3v) is 2.56. The summed E-state index contributed by atoms with van der Waals surface area (Å²) in [5.74, 6) is -0.461. The van der Waals surface area contributed by atoms with Gasteiger partial charge >= 0.3 is 0 Å². The van der Waals surface area contributed by atoms with E-state index >= 15 is 0 Å². The van der Waals surface area contributed by atoms with Gasteiger partial charge < -0.3 is 10.7 Å². The molecule has 0 atom stereocenters. The van der Waals surface area contributed by atoms with Crippen molar-refractivity contribution in [2.75, 3.05) is 0 Å². The molecular formula is C9H8BrN3O. The first-order chi connectivity index (χ1) is 6.59. The third-order valence-electron chi connectivity index (χ3n) is 2.12. The monoisotopic (exact) mass is 253 g/mol. The lowest BCUT2D eigenvalue weighted by molar-refractivity contribution is 0.0996. The molecule has 0 radical (unpaired) electrons. The maximum absolute atomic E-state index is 11.0. The van der Waals surface area contributed by atoms with Gasteiger partial charge in [0.05, 0.1) is 0 Å². The lowest BCUT2D eigenvalue weighted by Crippen LogP contribution is -2.12. The number of amides is 1. The molecule has 4 nitrogen and oxygen atoms in total. The van der Waals surface area contributed by atoms with E-state index in [-0.39, 0.29) is 0 Å². The Labute approximate surface area is 88.6 Å². The second kappa shape index (κ2) is 3.09. The molecule has 72 valence electrons. The number of fused-ring (bicyclic) bond motifs is 1. The van der Waals surface area contributed by atoms with E-state index in [2.05, 4.69) is 25.9 Å². The number of halogens is 1. The number of carbonyl (C=O) groups is 1. The van der Waals surface area contributed by atoms with Crippen molar-refractivity contribution < 1.29 is 4.79 Å². The zero-order valence-electron chi connectivity index (χ0n) is 7.47. The van der Waals surface area contributed by atoms with Crippen LogP contribution in [0.25, 0.3) is 11.0 Å². The summed E-state index contributed by atoms with van der Waals surface area (Å²) >= 11 is 3.32. The Bertz CT molecular complexity index is 518. The molecule has 0 unspecified atom stereocenters. The predicted octanol–water partition coefficient (Wildman–Crippen LogP) is 1.73. The topological polar surface area (TPSA) is 71.8 Å². The van der Waals surface area contributed by atoms with Crippen LogP contribution < -0.4 is 5.73 Å². The number of hydrogen-bond acceptors (Lipinski definition) is 2. The van der Waals surface area contributed by atoms with E-state index in [4.69, 9.17) is 5.73 Å². The summed E-state index contributed by atoms with van der Waals surface area (Å²) < 4.78 is 0.878. The van der Waals surface area contributed by atoms with Crippen LogP contribution >= 0.6 is 15.9 Å². The zero-order chi connectivity index (χ0) is 10.3. The number of nitrogens with zero attached hydrogens (tertiary/aromatic N) is 1. The summed E-state index contributed by atoms with van der Waals surface area (Å²) in [6.07, 6.45) is 1.67. The quantitative estimate of drug-likeness (QED) is 0.813. The first-order valence-electron chi connectivity index (χ1n) is 4.03. The second-order valence-corrected chi connectivity index (χ2v) is 3.95. The Balaban J connectivity index is 2.80. The van der Waals surface area contributed by atoms with Gasteiger partial charge in [-0.05, 0) is 34.5 Å². The van der Waals surface area contributed by atoms with E-state index in [1.165, 1.54) is 0 Å². The molecule has 2 heterocycles. The lowest BCUT2D eigenvalue weighted by atomic mass is 10.2. The van der Waals surface area contributed by atoms with Crippen molar-refractivity contribution in [3.8, 4) is 0 Å². The fourth-order valence-electron chi connectivity index (χ4n) is 1.42. The van der Waals surface area contributed by atoms with E-state index in [1.807, 2.05) is 13.0 Å². The van der Waals surface area contributed by atoms with Crippen LogP contribution in [0.1, 0.15) is 16.1 Å². The number of pyridine rings is 1. The number of rotatable bonds is 1. The molecule has 0 bridgehead atoms. The average Bonchev–Trinajstić information content (AvgIpc) is 2.44. The highest BCUT2D eigenvalue weighted by molar-refractivity contribution is 9.10. The Hall–Kier alpha value is -1.36. The first kappa shape index (κ1) is 9.21. The largest absolute Gasteiger partial charge is 0.364 e. The number of nitrogens with two attached hydrogens (primary N) is 1. The minimum atomic E-state index is -0.461. The minimum Gasteiger partial charge on any atom is -0.364 e. The molecule has 5 heteroatoms. The first-order valence-corrected chi connectivity index (χ1v) is 4.82. The number of aromatic nitrogens is 2. The second-order valence-electron chi connectivity index (χ2n) is 3.04. The molecular weight excluding hydrogens is 246 g/mol. The summed E-state index contributed by atoms with van der Waals surface area (Å²) in [5, 5.41) is 0.910. The number of carbonyl (C=O) groups excluding carboxylic acids is 1. The SMILES string of the molecule is Cc1c(C(N)=O)[nH]c2ncc(Br)cc12. The lowest BCUT2D eigenvalue weighted by Gasteiger charge is -1.92. The van der Waals surface area contributed by atoms with Crippen LogP contribution in [0.15, 0.2) is 16.7 Å². The molecule has 0 aliphatic carbocycles. The van der Waals surface area contributed by atoms with Gasteiger partial charge in [0.2, 0.25) is 0 Å². The molecule has 3 N–H and O–H groups in total. The van der Waals surface area contributed by atoms with Crippen LogP contribution in [0, 0.1) is 6.92 Å². The van der Waals surface area contributed by atoms with Gasteiger partial charge in [-0.15, -0.1) is 0 Å². The fraction of sp³-hybridized carbons (Fsp3) is 0.111. The van der Waals surface area contributed by atoms with Crippen molar-refractivity contribution in [3.05, 3.63) is 28.0 Å². The molecule has 2 aromatic rings. The van der Waals surface area contributed by atoms with Gasteiger partial charge in [-0.1, -0.05) is 0 Å². The fourth-order valence-corrected chi connectivity index (χ4v) is 1.75. The number of primary amides is 1. The Morgan fingerprint density at radius 3 is 3.00 bits per heavy atom. The van der Waals surface area contributed by atoms with Crippen molar-refractivity contribution >= 4 is 32.9 Å². The highest BCUT2D eigenvalue weighted by Crippen LogP contribution is 2.22. The zero-order valence-corrected chi connectivity index (χ0v) is 9.05. The Morgan fingerprint density at radius 1 is 1.64 bits per heavy atom. The van der Waals surface area contributed by atoms with Crippen molar-refractivity contribution in [2.24, 2.45) is 5.73 Å². The Kier molecular flexibility index (Phi) is 2.03. The van der Waals surface area contributed by atoms with Gasteiger partial charge in [-0.25, -0.2) is 4.98 Å². The van der Waals surface area contributed by atoms with E-state index in [1.54, 1.807) is 6.20 Å². The van der Waals surface area contributed by atoms with Gasteiger partial charge in [0.15, 0.2) is 0 Å². The number of H-pyrrole nitrogens is 1. The van der Waals surface area contributed by atoms with Crippen molar-refractivity contribution in [1.82, 2.24) is 9.97 Å². The van der Waals surface area contributed by atoms with Gasteiger partial charge in [0.25, 0.3) is 5.91 Å². The summed E-state index contributed by atoms with van der Waals surface area (Å²) in [7, 11) is 0. The summed E-state index contributed by atoms with van der Waals surface area (Å²) in [6, 6.07) is 1.90. The van der Waals surface area contributed by atoms with E-state index in [0.717, 1.165) is 15.4 Å².